The Labute approximate surface area is 101 Å². The van der Waals surface area contributed by atoms with Crippen molar-refractivity contribution in [3.8, 4) is 5.75 Å². The number of phenolic OH excluding ortho intramolecular Hbond substituents is 1. The summed E-state index contributed by atoms with van der Waals surface area (Å²) in [5, 5.41) is 18.3. The first-order chi connectivity index (χ1) is 8.13. The van der Waals surface area contributed by atoms with E-state index in [1.54, 1.807) is 23.1 Å². The Bertz CT molecular complexity index is 365. The van der Waals surface area contributed by atoms with Crippen LogP contribution in [0.1, 0.15) is 26.2 Å². The first kappa shape index (κ1) is 13.4. The summed E-state index contributed by atoms with van der Waals surface area (Å²) in [6.45, 7) is 2.77. The molecule has 0 bridgehead atoms. The smallest absolute Gasteiger partial charge is 0.323 e. The molecule has 4 heteroatoms. The second kappa shape index (κ2) is 6.78. The number of carbonyl (C=O) groups is 1. The Hall–Kier alpha value is -1.71. The molecule has 0 atom stereocenters. The highest BCUT2D eigenvalue weighted by Crippen LogP contribution is 2.20. The van der Waals surface area contributed by atoms with Crippen LogP contribution in [-0.2, 0) is 4.79 Å². The van der Waals surface area contributed by atoms with Crippen LogP contribution in [0.3, 0.4) is 0 Å². The van der Waals surface area contributed by atoms with Gasteiger partial charge >= 0.3 is 5.97 Å². The van der Waals surface area contributed by atoms with Gasteiger partial charge < -0.3 is 15.1 Å². The van der Waals surface area contributed by atoms with Gasteiger partial charge in [-0.1, -0.05) is 25.8 Å². The fourth-order valence-corrected chi connectivity index (χ4v) is 1.71. The molecule has 0 aliphatic carbocycles. The van der Waals surface area contributed by atoms with Crippen LogP contribution in [0.4, 0.5) is 5.69 Å². The zero-order valence-electron chi connectivity index (χ0n) is 10.1. The fourth-order valence-electron chi connectivity index (χ4n) is 1.71. The zero-order valence-corrected chi connectivity index (χ0v) is 10.1. The molecule has 0 fully saturated rings. The van der Waals surface area contributed by atoms with Crippen molar-refractivity contribution in [1.29, 1.82) is 0 Å². The number of nitrogens with zero attached hydrogens (tertiary/aromatic N) is 1. The molecule has 0 radical (unpaired) electrons. The van der Waals surface area contributed by atoms with Crippen molar-refractivity contribution in [2.75, 3.05) is 18.0 Å². The Kier molecular flexibility index (Phi) is 5.33. The lowest BCUT2D eigenvalue weighted by Gasteiger charge is -2.22. The van der Waals surface area contributed by atoms with Gasteiger partial charge in [-0.2, -0.15) is 0 Å². The van der Waals surface area contributed by atoms with E-state index in [2.05, 4.69) is 6.92 Å². The van der Waals surface area contributed by atoms with Crippen molar-refractivity contribution in [2.45, 2.75) is 26.2 Å². The first-order valence-corrected chi connectivity index (χ1v) is 5.89. The van der Waals surface area contributed by atoms with Gasteiger partial charge in [-0.25, -0.2) is 0 Å². The number of hydrogen-bond acceptors (Lipinski definition) is 3. The van der Waals surface area contributed by atoms with Crippen LogP contribution < -0.4 is 4.90 Å². The SMILES string of the molecule is CCCCCN(CC(=O)O)c1cccc(O)c1. The van der Waals surface area contributed by atoms with Crippen molar-refractivity contribution >= 4 is 11.7 Å². The fraction of sp³-hybridized carbons (Fsp3) is 0.462. The van der Waals surface area contributed by atoms with Crippen LogP contribution in [0.15, 0.2) is 24.3 Å². The number of carboxylic acids is 1. The minimum absolute atomic E-state index is 0.0346. The monoisotopic (exact) mass is 237 g/mol. The van der Waals surface area contributed by atoms with Gasteiger partial charge in [0, 0.05) is 18.3 Å². The standard InChI is InChI=1S/C13H19NO3/c1-2-3-4-8-14(10-13(16)17)11-6-5-7-12(15)9-11/h5-7,9,15H,2-4,8,10H2,1H3,(H,16,17). The van der Waals surface area contributed by atoms with Crippen LogP contribution in [0, 0.1) is 0 Å². The van der Waals surface area contributed by atoms with Gasteiger partial charge in [0.1, 0.15) is 12.3 Å². The van der Waals surface area contributed by atoms with Crippen molar-refractivity contribution < 1.29 is 15.0 Å². The van der Waals surface area contributed by atoms with E-state index in [1.165, 1.54) is 0 Å². The van der Waals surface area contributed by atoms with Crippen LogP contribution in [-0.4, -0.2) is 29.3 Å². The Morgan fingerprint density at radius 1 is 1.35 bits per heavy atom. The van der Waals surface area contributed by atoms with Gasteiger partial charge in [0.05, 0.1) is 0 Å². The summed E-state index contributed by atoms with van der Waals surface area (Å²) < 4.78 is 0. The van der Waals surface area contributed by atoms with Crippen LogP contribution in [0.25, 0.3) is 0 Å². The van der Waals surface area contributed by atoms with E-state index in [0.29, 0.717) is 6.54 Å². The highest BCUT2D eigenvalue weighted by Gasteiger charge is 2.10. The number of aromatic hydroxyl groups is 1. The molecular weight excluding hydrogens is 218 g/mol. The second-order valence-corrected chi connectivity index (χ2v) is 4.04. The molecule has 0 aliphatic rings. The average molecular weight is 237 g/mol. The number of anilines is 1. The third-order valence-electron chi connectivity index (χ3n) is 2.55. The number of hydrogen-bond donors (Lipinski definition) is 2. The third kappa shape index (κ3) is 4.76. The maximum absolute atomic E-state index is 10.8. The van der Waals surface area contributed by atoms with Crippen LogP contribution >= 0.6 is 0 Å². The van der Waals surface area contributed by atoms with E-state index in [0.717, 1.165) is 24.9 Å². The minimum Gasteiger partial charge on any atom is -0.508 e. The summed E-state index contributed by atoms with van der Waals surface area (Å²) in [6.07, 6.45) is 3.13. The lowest BCUT2D eigenvalue weighted by atomic mass is 10.2. The molecule has 2 N–H and O–H groups in total. The Morgan fingerprint density at radius 2 is 2.12 bits per heavy atom. The van der Waals surface area contributed by atoms with Gasteiger partial charge in [-0.05, 0) is 18.6 Å². The number of benzene rings is 1. The van der Waals surface area contributed by atoms with E-state index in [-0.39, 0.29) is 12.3 Å². The Balaban J connectivity index is 2.70. The highest BCUT2D eigenvalue weighted by atomic mass is 16.4. The molecule has 0 heterocycles. The third-order valence-corrected chi connectivity index (χ3v) is 2.55. The maximum Gasteiger partial charge on any atom is 0.323 e. The summed E-state index contributed by atoms with van der Waals surface area (Å²) >= 11 is 0. The number of rotatable bonds is 7. The van der Waals surface area contributed by atoms with Crippen molar-refractivity contribution in [2.24, 2.45) is 0 Å². The molecule has 0 saturated carbocycles. The topological polar surface area (TPSA) is 60.8 Å². The quantitative estimate of drug-likeness (QED) is 0.715. The lowest BCUT2D eigenvalue weighted by Crippen LogP contribution is -2.30. The van der Waals surface area contributed by atoms with Gasteiger partial charge in [0.15, 0.2) is 0 Å². The minimum atomic E-state index is -0.857. The van der Waals surface area contributed by atoms with Crippen LogP contribution in [0.5, 0.6) is 5.75 Å². The van der Waals surface area contributed by atoms with E-state index in [4.69, 9.17) is 5.11 Å². The highest BCUT2D eigenvalue weighted by molar-refractivity contribution is 5.73. The predicted octanol–water partition coefficient (Wildman–Crippen LogP) is 2.47. The number of aliphatic carboxylic acids is 1. The van der Waals surface area contributed by atoms with Crippen molar-refractivity contribution in [1.82, 2.24) is 0 Å². The number of phenols is 1. The maximum atomic E-state index is 10.8. The summed E-state index contributed by atoms with van der Waals surface area (Å²) in [5.41, 5.74) is 0.753. The van der Waals surface area contributed by atoms with Gasteiger partial charge in [0.25, 0.3) is 0 Å². The largest absolute Gasteiger partial charge is 0.508 e. The van der Waals surface area contributed by atoms with E-state index in [1.807, 2.05) is 6.07 Å². The van der Waals surface area contributed by atoms with E-state index >= 15 is 0 Å². The van der Waals surface area contributed by atoms with E-state index in [9.17, 15) is 9.90 Å². The lowest BCUT2D eigenvalue weighted by molar-refractivity contribution is -0.135. The zero-order chi connectivity index (χ0) is 12.7. The number of carboxylic acid groups (broad SMARTS) is 1. The molecule has 1 rings (SSSR count). The van der Waals surface area contributed by atoms with E-state index < -0.39 is 5.97 Å². The second-order valence-electron chi connectivity index (χ2n) is 4.04. The molecule has 17 heavy (non-hydrogen) atoms. The molecule has 0 spiro atoms. The molecule has 4 nitrogen and oxygen atoms in total. The molecule has 1 aromatic rings. The summed E-state index contributed by atoms with van der Waals surface area (Å²) in [6, 6.07) is 6.71. The molecule has 0 amide bonds. The Morgan fingerprint density at radius 3 is 2.71 bits per heavy atom. The molecule has 1 aromatic carbocycles. The van der Waals surface area contributed by atoms with Crippen molar-refractivity contribution in [3.63, 3.8) is 0 Å². The van der Waals surface area contributed by atoms with Gasteiger partial charge in [-0.3, -0.25) is 4.79 Å². The van der Waals surface area contributed by atoms with Crippen LogP contribution in [0.2, 0.25) is 0 Å². The molecule has 0 aliphatic heterocycles. The molecule has 0 saturated heterocycles. The summed E-state index contributed by atoms with van der Waals surface area (Å²) in [4.78, 5) is 12.6. The predicted molar refractivity (Wildman–Crippen MR) is 67.5 cm³/mol. The molecule has 94 valence electrons. The summed E-state index contributed by atoms with van der Waals surface area (Å²) in [5.74, 6) is -0.696. The molecule has 0 unspecified atom stereocenters. The summed E-state index contributed by atoms with van der Waals surface area (Å²) in [7, 11) is 0. The van der Waals surface area contributed by atoms with Crippen molar-refractivity contribution in [3.05, 3.63) is 24.3 Å². The first-order valence-electron chi connectivity index (χ1n) is 5.89. The van der Waals surface area contributed by atoms with Gasteiger partial charge in [0.2, 0.25) is 0 Å². The molecular formula is C13H19NO3. The normalized spacial score (nSPS) is 10.2. The average Bonchev–Trinajstić information content (AvgIpc) is 2.27. The molecule has 0 aromatic heterocycles. The number of unbranched alkanes of at least 4 members (excludes halogenated alkanes) is 2. The van der Waals surface area contributed by atoms with Gasteiger partial charge in [-0.15, -0.1) is 0 Å².